The molecule has 0 unspecified atom stereocenters. The second-order valence-corrected chi connectivity index (χ2v) is 6.05. The summed E-state index contributed by atoms with van der Waals surface area (Å²) in [5.41, 5.74) is 0.780. The molecule has 0 radical (unpaired) electrons. The molecule has 0 aliphatic rings. The molecule has 21 heavy (non-hydrogen) atoms. The van der Waals surface area contributed by atoms with Crippen LogP contribution in [0.2, 0.25) is 0 Å². The molecule has 0 aliphatic carbocycles. The monoisotopic (exact) mass is 367 g/mol. The molecule has 2 aromatic rings. The summed E-state index contributed by atoms with van der Waals surface area (Å²) in [5, 5.41) is 20.1. The Bertz CT molecular complexity index is 705. The summed E-state index contributed by atoms with van der Waals surface area (Å²) in [4.78, 5) is 22.3. The first-order valence-corrected chi connectivity index (χ1v) is 7.65. The maximum Gasteiger partial charge on any atom is 0.336 e. The molecule has 0 atom stereocenters. The van der Waals surface area contributed by atoms with Gasteiger partial charge in [-0.3, -0.25) is 10.1 Å². The number of carbonyl (C=O) groups is 1. The zero-order valence-electron chi connectivity index (χ0n) is 10.7. The predicted octanol–water partition coefficient (Wildman–Crippen LogP) is 4.35. The van der Waals surface area contributed by atoms with E-state index in [2.05, 4.69) is 15.9 Å². The number of rotatable bonds is 5. The molecule has 5 nitrogen and oxygen atoms in total. The van der Waals surface area contributed by atoms with Gasteiger partial charge in [0.15, 0.2) is 0 Å². The lowest BCUT2D eigenvalue weighted by molar-refractivity contribution is -0.385. The van der Waals surface area contributed by atoms with Crippen LogP contribution in [-0.2, 0) is 5.75 Å². The Balaban J connectivity index is 2.27. The molecule has 7 heteroatoms. The summed E-state index contributed by atoms with van der Waals surface area (Å²) in [5.74, 6) is -0.694. The molecule has 2 rings (SSSR count). The zero-order valence-corrected chi connectivity index (χ0v) is 13.1. The number of nitro groups is 1. The van der Waals surface area contributed by atoms with E-state index in [1.54, 1.807) is 30.3 Å². The van der Waals surface area contributed by atoms with Crippen LogP contribution in [0, 0.1) is 10.1 Å². The van der Waals surface area contributed by atoms with Crippen molar-refractivity contribution in [1.29, 1.82) is 0 Å². The first kappa shape index (κ1) is 15.5. The molecule has 108 valence electrons. The average Bonchev–Trinajstić information content (AvgIpc) is 2.45. The number of carboxylic acids is 1. The van der Waals surface area contributed by atoms with E-state index in [1.807, 2.05) is 0 Å². The number of hydrogen-bond donors (Lipinski definition) is 1. The molecule has 0 bridgehead atoms. The first-order valence-electron chi connectivity index (χ1n) is 5.87. The summed E-state index contributed by atoms with van der Waals surface area (Å²) in [6, 6.07) is 11.3. The molecule has 0 aliphatic heterocycles. The summed E-state index contributed by atoms with van der Waals surface area (Å²) < 4.78 is 0.762. The second-order valence-electron chi connectivity index (χ2n) is 4.12. The van der Waals surface area contributed by atoms with Crippen LogP contribution in [0.1, 0.15) is 15.9 Å². The number of benzene rings is 2. The lowest BCUT2D eigenvalue weighted by atomic mass is 10.2. The minimum Gasteiger partial charge on any atom is -0.478 e. The second kappa shape index (κ2) is 6.73. The molecule has 0 amide bonds. The summed E-state index contributed by atoms with van der Waals surface area (Å²) in [6.07, 6.45) is 0. The molecule has 0 saturated heterocycles. The Morgan fingerprint density at radius 3 is 2.67 bits per heavy atom. The third kappa shape index (κ3) is 3.83. The topological polar surface area (TPSA) is 80.4 Å². The molecule has 0 heterocycles. The number of hydrogen-bond acceptors (Lipinski definition) is 4. The van der Waals surface area contributed by atoms with Gasteiger partial charge in [0.1, 0.15) is 0 Å². The standard InChI is InChI=1S/C14H10BrNO4S/c15-10-5-6-11(14(17)18)13(7-10)21-8-9-3-1-2-4-12(9)16(19)20/h1-7H,8H2,(H,17,18). The van der Waals surface area contributed by atoms with Gasteiger partial charge in [0.2, 0.25) is 0 Å². The van der Waals surface area contributed by atoms with Crippen molar-refractivity contribution in [1.82, 2.24) is 0 Å². The van der Waals surface area contributed by atoms with Gasteiger partial charge in [-0.1, -0.05) is 34.1 Å². The van der Waals surface area contributed by atoms with Crippen LogP contribution in [-0.4, -0.2) is 16.0 Å². The fourth-order valence-corrected chi connectivity index (χ4v) is 3.35. The molecular weight excluding hydrogens is 358 g/mol. The smallest absolute Gasteiger partial charge is 0.336 e. The molecule has 0 saturated carbocycles. The van der Waals surface area contributed by atoms with Gasteiger partial charge in [-0.2, -0.15) is 0 Å². The highest BCUT2D eigenvalue weighted by molar-refractivity contribution is 9.10. The van der Waals surface area contributed by atoms with E-state index < -0.39 is 10.9 Å². The molecule has 1 N–H and O–H groups in total. The predicted molar refractivity (Wildman–Crippen MR) is 83.8 cm³/mol. The number of thioether (sulfide) groups is 1. The molecular formula is C14H10BrNO4S. The third-order valence-corrected chi connectivity index (χ3v) is 4.34. The Labute approximate surface area is 133 Å². The van der Waals surface area contributed by atoms with Crippen LogP contribution in [0.4, 0.5) is 5.69 Å². The van der Waals surface area contributed by atoms with Gasteiger partial charge in [0, 0.05) is 26.8 Å². The maximum absolute atomic E-state index is 11.2. The van der Waals surface area contributed by atoms with Crippen molar-refractivity contribution in [3.05, 3.63) is 68.2 Å². The molecule has 0 fully saturated rings. The minimum absolute atomic E-state index is 0.0388. The molecule has 2 aromatic carbocycles. The normalized spacial score (nSPS) is 10.3. The number of para-hydroxylation sites is 1. The number of nitro benzene ring substituents is 1. The maximum atomic E-state index is 11.2. The van der Waals surface area contributed by atoms with Crippen molar-refractivity contribution in [2.75, 3.05) is 0 Å². The molecule has 0 aromatic heterocycles. The zero-order chi connectivity index (χ0) is 15.4. The van der Waals surface area contributed by atoms with Crippen LogP contribution in [0.5, 0.6) is 0 Å². The van der Waals surface area contributed by atoms with E-state index in [9.17, 15) is 14.9 Å². The van der Waals surface area contributed by atoms with E-state index in [-0.39, 0.29) is 11.3 Å². The molecule has 0 spiro atoms. The van der Waals surface area contributed by atoms with Gasteiger partial charge in [-0.15, -0.1) is 11.8 Å². The van der Waals surface area contributed by atoms with Crippen molar-refractivity contribution >= 4 is 39.3 Å². The highest BCUT2D eigenvalue weighted by atomic mass is 79.9. The average molecular weight is 368 g/mol. The van der Waals surface area contributed by atoms with Crippen LogP contribution < -0.4 is 0 Å². The van der Waals surface area contributed by atoms with E-state index in [0.29, 0.717) is 16.2 Å². The van der Waals surface area contributed by atoms with Crippen LogP contribution in [0.15, 0.2) is 51.8 Å². The van der Waals surface area contributed by atoms with Crippen molar-refractivity contribution < 1.29 is 14.8 Å². The van der Waals surface area contributed by atoms with Gasteiger partial charge in [0.05, 0.1) is 10.5 Å². The quantitative estimate of drug-likeness (QED) is 0.482. The highest BCUT2D eigenvalue weighted by Gasteiger charge is 2.15. The van der Waals surface area contributed by atoms with Crippen LogP contribution in [0.3, 0.4) is 0 Å². The Morgan fingerprint density at radius 1 is 1.29 bits per heavy atom. The lowest BCUT2D eigenvalue weighted by Gasteiger charge is -2.07. The van der Waals surface area contributed by atoms with Crippen LogP contribution in [0.25, 0.3) is 0 Å². The fourth-order valence-electron chi connectivity index (χ4n) is 1.76. The van der Waals surface area contributed by atoms with Crippen molar-refractivity contribution in [3.63, 3.8) is 0 Å². The summed E-state index contributed by atoms with van der Waals surface area (Å²) in [7, 11) is 0. The first-order chi connectivity index (χ1) is 9.99. The van der Waals surface area contributed by atoms with Gasteiger partial charge in [0.25, 0.3) is 5.69 Å². The highest BCUT2D eigenvalue weighted by Crippen LogP contribution is 2.31. The van der Waals surface area contributed by atoms with Crippen LogP contribution >= 0.6 is 27.7 Å². The van der Waals surface area contributed by atoms with Gasteiger partial charge in [-0.05, 0) is 18.2 Å². The van der Waals surface area contributed by atoms with Gasteiger partial charge >= 0.3 is 5.97 Å². The van der Waals surface area contributed by atoms with Gasteiger partial charge < -0.3 is 5.11 Å². The van der Waals surface area contributed by atoms with Crippen molar-refractivity contribution in [3.8, 4) is 0 Å². The fraction of sp³-hybridized carbons (Fsp3) is 0.0714. The van der Waals surface area contributed by atoms with Crippen molar-refractivity contribution in [2.45, 2.75) is 10.6 Å². The lowest BCUT2D eigenvalue weighted by Crippen LogP contribution is -1.99. The Hall–Kier alpha value is -1.86. The largest absolute Gasteiger partial charge is 0.478 e. The minimum atomic E-state index is -1.02. The van der Waals surface area contributed by atoms with Crippen molar-refractivity contribution in [2.24, 2.45) is 0 Å². The third-order valence-electron chi connectivity index (χ3n) is 2.75. The van der Waals surface area contributed by atoms with E-state index in [0.717, 1.165) is 4.47 Å². The summed E-state index contributed by atoms with van der Waals surface area (Å²) >= 11 is 4.55. The summed E-state index contributed by atoms with van der Waals surface area (Å²) in [6.45, 7) is 0. The van der Waals surface area contributed by atoms with Gasteiger partial charge in [-0.25, -0.2) is 4.79 Å². The van der Waals surface area contributed by atoms with E-state index in [1.165, 1.54) is 23.9 Å². The van der Waals surface area contributed by atoms with E-state index >= 15 is 0 Å². The number of carboxylic acid groups (broad SMARTS) is 1. The number of halogens is 1. The Kier molecular flexibility index (Phi) is 4.98. The van der Waals surface area contributed by atoms with E-state index in [4.69, 9.17) is 5.11 Å². The Morgan fingerprint density at radius 2 is 2.00 bits per heavy atom. The number of nitrogens with zero attached hydrogens (tertiary/aromatic N) is 1. The number of aromatic carboxylic acids is 1. The SMILES string of the molecule is O=C(O)c1ccc(Br)cc1SCc1ccccc1[N+](=O)[O-].